The third-order valence-corrected chi connectivity index (χ3v) is 3.82. The fourth-order valence-corrected chi connectivity index (χ4v) is 2.90. The van der Waals surface area contributed by atoms with Crippen LogP contribution in [0.25, 0.3) is 0 Å². The van der Waals surface area contributed by atoms with Crippen LogP contribution in [0.4, 0.5) is 10.1 Å². The topological polar surface area (TPSA) is 43.8 Å². The average molecular weight is 294 g/mol. The highest BCUT2D eigenvalue weighted by atomic mass is 19.1. The van der Waals surface area contributed by atoms with Gasteiger partial charge in [-0.3, -0.25) is 9.69 Å². The molecular weight excluding hydrogens is 271 g/mol. The van der Waals surface area contributed by atoms with Gasteiger partial charge in [0.1, 0.15) is 5.82 Å². The summed E-state index contributed by atoms with van der Waals surface area (Å²) < 4.78 is 14.2. The standard InChI is InChI=1S/C16H23FN2O2/c1-2-8-18(12-16(20)21)11-13-14(17)6-5-7-15(13)19-9-3-4-10-19/h5-7H,2-4,8-12H2,1H3,(H,20,21). The van der Waals surface area contributed by atoms with E-state index < -0.39 is 5.97 Å². The van der Waals surface area contributed by atoms with Crippen molar-refractivity contribution < 1.29 is 14.3 Å². The Morgan fingerprint density at radius 1 is 1.38 bits per heavy atom. The van der Waals surface area contributed by atoms with E-state index in [1.807, 2.05) is 13.0 Å². The lowest BCUT2D eigenvalue weighted by Crippen LogP contribution is -2.31. The van der Waals surface area contributed by atoms with Gasteiger partial charge in [-0.1, -0.05) is 13.0 Å². The molecule has 0 amide bonds. The van der Waals surface area contributed by atoms with Crippen molar-refractivity contribution in [3.05, 3.63) is 29.6 Å². The Kier molecular flexibility index (Phi) is 5.56. The molecule has 4 nitrogen and oxygen atoms in total. The van der Waals surface area contributed by atoms with Gasteiger partial charge in [0.15, 0.2) is 0 Å². The molecule has 2 rings (SSSR count). The molecular formula is C16H23FN2O2. The van der Waals surface area contributed by atoms with E-state index in [0.29, 0.717) is 18.7 Å². The van der Waals surface area contributed by atoms with Gasteiger partial charge < -0.3 is 10.0 Å². The molecule has 0 bridgehead atoms. The molecule has 1 aromatic carbocycles. The maximum Gasteiger partial charge on any atom is 0.317 e. The Labute approximate surface area is 125 Å². The van der Waals surface area contributed by atoms with Gasteiger partial charge in [0.2, 0.25) is 0 Å². The normalized spacial score (nSPS) is 14.9. The summed E-state index contributed by atoms with van der Waals surface area (Å²) in [5.41, 5.74) is 1.54. The van der Waals surface area contributed by atoms with Crippen LogP contribution in [0, 0.1) is 5.82 Å². The molecule has 0 spiro atoms. The molecule has 21 heavy (non-hydrogen) atoms. The zero-order valence-corrected chi connectivity index (χ0v) is 12.5. The molecule has 0 aliphatic carbocycles. The van der Waals surface area contributed by atoms with Crippen LogP contribution < -0.4 is 4.90 Å². The number of hydrogen-bond acceptors (Lipinski definition) is 3. The van der Waals surface area contributed by atoms with E-state index in [2.05, 4.69) is 4.90 Å². The van der Waals surface area contributed by atoms with Crippen molar-refractivity contribution in [2.45, 2.75) is 32.7 Å². The predicted molar refractivity (Wildman–Crippen MR) is 81.1 cm³/mol. The van der Waals surface area contributed by atoms with Crippen LogP contribution >= 0.6 is 0 Å². The van der Waals surface area contributed by atoms with Gasteiger partial charge in [-0.2, -0.15) is 0 Å². The number of anilines is 1. The zero-order valence-electron chi connectivity index (χ0n) is 12.5. The van der Waals surface area contributed by atoms with Gasteiger partial charge in [-0.15, -0.1) is 0 Å². The maximum absolute atomic E-state index is 14.2. The van der Waals surface area contributed by atoms with Gasteiger partial charge >= 0.3 is 5.97 Å². The molecule has 0 saturated carbocycles. The lowest BCUT2D eigenvalue weighted by atomic mass is 10.1. The van der Waals surface area contributed by atoms with Gasteiger partial charge in [-0.05, 0) is 37.9 Å². The second-order valence-corrected chi connectivity index (χ2v) is 5.54. The van der Waals surface area contributed by atoms with Crippen molar-refractivity contribution in [1.29, 1.82) is 0 Å². The monoisotopic (exact) mass is 294 g/mol. The number of carboxylic acids is 1. The van der Waals surface area contributed by atoms with Gasteiger partial charge in [0.25, 0.3) is 0 Å². The van der Waals surface area contributed by atoms with Crippen LogP contribution in [0.1, 0.15) is 31.7 Å². The smallest absolute Gasteiger partial charge is 0.317 e. The minimum atomic E-state index is -0.873. The third kappa shape index (κ3) is 4.17. The molecule has 0 aromatic heterocycles. The van der Waals surface area contributed by atoms with Crippen molar-refractivity contribution in [3.63, 3.8) is 0 Å². The van der Waals surface area contributed by atoms with E-state index in [-0.39, 0.29) is 12.4 Å². The van der Waals surface area contributed by atoms with Gasteiger partial charge in [-0.25, -0.2) is 4.39 Å². The number of nitrogens with zero attached hydrogens (tertiary/aromatic N) is 2. The fourth-order valence-electron chi connectivity index (χ4n) is 2.90. The second-order valence-electron chi connectivity index (χ2n) is 5.54. The molecule has 1 heterocycles. The Bertz CT molecular complexity index is 487. The Morgan fingerprint density at radius 2 is 2.10 bits per heavy atom. The quantitative estimate of drug-likeness (QED) is 0.840. The Hall–Kier alpha value is -1.62. The average Bonchev–Trinajstić information content (AvgIpc) is 2.94. The molecule has 1 aromatic rings. The summed E-state index contributed by atoms with van der Waals surface area (Å²) in [7, 11) is 0. The van der Waals surface area contributed by atoms with Crippen LogP contribution in [-0.4, -0.2) is 42.2 Å². The second kappa shape index (κ2) is 7.41. The van der Waals surface area contributed by atoms with Crippen LogP contribution in [0.2, 0.25) is 0 Å². The van der Waals surface area contributed by atoms with E-state index in [4.69, 9.17) is 5.11 Å². The summed E-state index contributed by atoms with van der Waals surface area (Å²) >= 11 is 0. The highest BCUT2D eigenvalue weighted by molar-refractivity contribution is 5.69. The van der Waals surface area contributed by atoms with Crippen LogP contribution in [0.15, 0.2) is 18.2 Å². The van der Waals surface area contributed by atoms with Gasteiger partial charge in [0, 0.05) is 30.9 Å². The Morgan fingerprint density at radius 3 is 2.71 bits per heavy atom. The number of aliphatic carboxylic acids is 1. The summed E-state index contributed by atoms with van der Waals surface area (Å²) in [6.45, 7) is 4.84. The fraction of sp³-hybridized carbons (Fsp3) is 0.562. The van der Waals surface area contributed by atoms with Crippen LogP contribution in [0.5, 0.6) is 0 Å². The number of carboxylic acid groups (broad SMARTS) is 1. The first kappa shape index (κ1) is 15.8. The summed E-state index contributed by atoms with van der Waals surface area (Å²) in [4.78, 5) is 14.9. The summed E-state index contributed by atoms with van der Waals surface area (Å²) in [5, 5.41) is 8.99. The maximum atomic E-state index is 14.2. The number of benzene rings is 1. The van der Waals surface area contributed by atoms with E-state index >= 15 is 0 Å². The minimum Gasteiger partial charge on any atom is -0.480 e. The molecule has 116 valence electrons. The van der Waals surface area contributed by atoms with Crippen LogP contribution in [0.3, 0.4) is 0 Å². The zero-order chi connectivity index (χ0) is 15.2. The molecule has 1 N–H and O–H groups in total. The third-order valence-electron chi connectivity index (χ3n) is 3.82. The molecule has 0 unspecified atom stereocenters. The first-order valence-electron chi connectivity index (χ1n) is 7.58. The molecule has 1 aliphatic rings. The largest absolute Gasteiger partial charge is 0.480 e. The molecule has 1 aliphatic heterocycles. The molecule has 0 radical (unpaired) electrons. The number of carbonyl (C=O) groups is 1. The van der Waals surface area contributed by atoms with Gasteiger partial charge in [0.05, 0.1) is 6.54 Å². The lowest BCUT2D eigenvalue weighted by molar-refractivity contribution is -0.138. The molecule has 5 heteroatoms. The van der Waals surface area contributed by atoms with E-state index in [0.717, 1.165) is 38.0 Å². The summed E-state index contributed by atoms with van der Waals surface area (Å²) in [6, 6.07) is 5.13. The molecule has 0 atom stereocenters. The minimum absolute atomic E-state index is 0.0540. The lowest BCUT2D eigenvalue weighted by Gasteiger charge is -2.26. The first-order valence-corrected chi connectivity index (χ1v) is 7.58. The molecule has 1 saturated heterocycles. The van der Waals surface area contributed by atoms with E-state index in [1.165, 1.54) is 6.07 Å². The van der Waals surface area contributed by atoms with E-state index in [9.17, 15) is 9.18 Å². The number of halogens is 1. The van der Waals surface area contributed by atoms with Crippen molar-refractivity contribution in [2.24, 2.45) is 0 Å². The predicted octanol–water partition coefficient (Wildman–Crippen LogP) is 2.72. The number of rotatable bonds is 7. The summed E-state index contributed by atoms with van der Waals surface area (Å²) in [5.74, 6) is -1.12. The number of hydrogen-bond donors (Lipinski definition) is 1. The summed E-state index contributed by atoms with van der Waals surface area (Å²) in [6.07, 6.45) is 3.11. The highest BCUT2D eigenvalue weighted by Gasteiger charge is 2.20. The Balaban J connectivity index is 2.21. The van der Waals surface area contributed by atoms with E-state index in [1.54, 1.807) is 11.0 Å². The SMILES string of the molecule is CCCN(CC(=O)O)Cc1c(F)cccc1N1CCCC1. The van der Waals surface area contributed by atoms with Crippen molar-refractivity contribution in [1.82, 2.24) is 4.90 Å². The first-order chi connectivity index (χ1) is 10.1. The van der Waals surface area contributed by atoms with Crippen LogP contribution in [-0.2, 0) is 11.3 Å². The molecule has 1 fully saturated rings. The highest BCUT2D eigenvalue weighted by Crippen LogP contribution is 2.27. The van der Waals surface area contributed by atoms with Crippen molar-refractivity contribution in [2.75, 3.05) is 31.1 Å². The van der Waals surface area contributed by atoms with Crippen molar-refractivity contribution in [3.8, 4) is 0 Å². The van der Waals surface area contributed by atoms with Crippen molar-refractivity contribution >= 4 is 11.7 Å².